The number of nitrogens with zero attached hydrogens (tertiary/aromatic N) is 2. The molecule has 0 radical (unpaired) electrons. The standard InChI is InChI=1S/C18H28ClN3O/c1-14-4-8-21(9-5-14)13-17(22-10-6-20-7-11-22)15-2-3-18(23)16(19)12-15/h2-3,12,14,17,20,23H,4-11,13H2,1H3. The SMILES string of the molecule is CC1CCN(CC(c2ccc(O)c(Cl)c2)N2CCNCC2)CC1. The average molecular weight is 338 g/mol. The van der Waals surface area contributed by atoms with Gasteiger partial charge in [-0.1, -0.05) is 24.6 Å². The van der Waals surface area contributed by atoms with Crippen LogP contribution in [0, 0.1) is 5.92 Å². The van der Waals surface area contributed by atoms with Crippen molar-refractivity contribution in [3.8, 4) is 5.75 Å². The highest BCUT2D eigenvalue weighted by Crippen LogP contribution is 2.31. The number of nitrogens with one attached hydrogen (secondary N) is 1. The predicted molar refractivity (Wildman–Crippen MR) is 95.1 cm³/mol. The second-order valence-corrected chi connectivity index (χ2v) is 7.40. The van der Waals surface area contributed by atoms with Gasteiger partial charge in [0, 0.05) is 38.8 Å². The number of aromatic hydroxyl groups is 1. The van der Waals surface area contributed by atoms with Crippen molar-refractivity contribution < 1.29 is 5.11 Å². The normalized spacial score (nSPS) is 23.0. The fourth-order valence-corrected chi connectivity index (χ4v) is 3.83. The third-order valence-corrected chi connectivity index (χ3v) is 5.56. The summed E-state index contributed by atoms with van der Waals surface area (Å²) in [5.74, 6) is 1.02. The van der Waals surface area contributed by atoms with Gasteiger partial charge in [0.1, 0.15) is 5.75 Å². The Labute approximate surface area is 144 Å². The summed E-state index contributed by atoms with van der Waals surface area (Å²) in [5, 5.41) is 13.6. The van der Waals surface area contributed by atoms with Gasteiger partial charge in [0.2, 0.25) is 0 Å². The van der Waals surface area contributed by atoms with Crippen molar-refractivity contribution in [2.45, 2.75) is 25.8 Å². The first-order valence-electron chi connectivity index (χ1n) is 8.79. The molecule has 0 bridgehead atoms. The van der Waals surface area contributed by atoms with Crippen molar-refractivity contribution in [3.63, 3.8) is 0 Å². The van der Waals surface area contributed by atoms with E-state index in [0.29, 0.717) is 11.1 Å². The van der Waals surface area contributed by atoms with Gasteiger partial charge in [0.05, 0.1) is 5.02 Å². The molecule has 2 aliphatic heterocycles. The largest absolute Gasteiger partial charge is 0.506 e. The molecule has 128 valence electrons. The first kappa shape index (κ1) is 17.0. The van der Waals surface area contributed by atoms with Crippen LogP contribution < -0.4 is 5.32 Å². The molecule has 0 amide bonds. The molecule has 0 aromatic heterocycles. The third-order valence-electron chi connectivity index (χ3n) is 5.26. The quantitative estimate of drug-likeness (QED) is 0.886. The van der Waals surface area contributed by atoms with E-state index in [1.165, 1.54) is 31.5 Å². The number of rotatable bonds is 4. The Morgan fingerprint density at radius 3 is 2.57 bits per heavy atom. The van der Waals surface area contributed by atoms with Crippen LogP contribution in [-0.2, 0) is 0 Å². The van der Waals surface area contributed by atoms with Crippen molar-refractivity contribution in [1.29, 1.82) is 0 Å². The van der Waals surface area contributed by atoms with E-state index in [4.69, 9.17) is 11.6 Å². The van der Waals surface area contributed by atoms with Gasteiger partial charge in [0.15, 0.2) is 0 Å². The topological polar surface area (TPSA) is 38.7 Å². The molecule has 2 fully saturated rings. The highest BCUT2D eigenvalue weighted by atomic mass is 35.5. The highest BCUT2D eigenvalue weighted by molar-refractivity contribution is 6.32. The van der Waals surface area contributed by atoms with E-state index in [1.807, 2.05) is 12.1 Å². The number of halogens is 1. The molecule has 0 saturated carbocycles. The van der Waals surface area contributed by atoms with E-state index in [-0.39, 0.29) is 5.75 Å². The Balaban J connectivity index is 1.76. The fourth-order valence-electron chi connectivity index (χ4n) is 3.65. The van der Waals surface area contributed by atoms with E-state index in [9.17, 15) is 5.11 Å². The number of hydrogen-bond acceptors (Lipinski definition) is 4. The molecule has 0 spiro atoms. The summed E-state index contributed by atoms with van der Waals surface area (Å²) in [7, 11) is 0. The summed E-state index contributed by atoms with van der Waals surface area (Å²) in [4.78, 5) is 5.14. The zero-order chi connectivity index (χ0) is 16.2. The predicted octanol–water partition coefficient (Wildman–Crippen LogP) is 2.72. The van der Waals surface area contributed by atoms with Gasteiger partial charge >= 0.3 is 0 Å². The van der Waals surface area contributed by atoms with Crippen LogP contribution >= 0.6 is 11.6 Å². The lowest BCUT2D eigenvalue weighted by atomic mass is 9.97. The number of piperazine rings is 1. The van der Waals surface area contributed by atoms with Crippen LogP contribution in [0.5, 0.6) is 5.75 Å². The molecule has 5 heteroatoms. The Morgan fingerprint density at radius 2 is 1.91 bits per heavy atom. The molecule has 1 aromatic carbocycles. The second-order valence-electron chi connectivity index (χ2n) is 7.00. The summed E-state index contributed by atoms with van der Waals surface area (Å²) < 4.78 is 0. The molecule has 23 heavy (non-hydrogen) atoms. The molecule has 1 atom stereocenters. The van der Waals surface area contributed by atoms with Crippen LogP contribution in [-0.4, -0.2) is 60.7 Å². The van der Waals surface area contributed by atoms with Crippen LogP contribution in [0.1, 0.15) is 31.4 Å². The smallest absolute Gasteiger partial charge is 0.134 e. The molecule has 2 saturated heterocycles. The number of hydrogen-bond donors (Lipinski definition) is 2. The van der Waals surface area contributed by atoms with Crippen molar-refractivity contribution in [3.05, 3.63) is 28.8 Å². The lowest BCUT2D eigenvalue weighted by Gasteiger charge is -2.40. The lowest BCUT2D eigenvalue weighted by Crippen LogP contribution is -2.48. The maximum Gasteiger partial charge on any atom is 0.134 e. The first-order valence-corrected chi connectivity index (χ1v) is 9.17. The summed E-state index contributed by atoms with van der Waals surface area (Å²) >= 11 is 6.16. The Bertz CT molecular complexity index is 511. The van der Waals surface area contributed by atoms with Gasteiger partial charge in [-0.15, -0.1) is 0 Å². The van der Waals surface area contributed by atoms with Gasteiger partial charge in [-0.3, -0.25) is 4.90 Å². The van der Waals surface area contributed by atoms with Crippen molar-refractivity contribution in [1.82, 2.24) is 15.1 Å². The summed E-state index contributed by atoms with van der Waals surface area (Å²) in [6.45, 7) is 9.99. The lowest BCUT2D eigenvalue weighted by molar-refractivity contribution is 0.104. The Hall–Kier alpha value is -0.810. The zero-order valence-electron chi connectivity index (χ0n) is 14.0. The molecule has 1 aromatic rings. The number of piperidine rings is 1. The van der Waals surface area contributed by atoms with Crippen LogP contribution in [0.4, 0.5) is 0 Å². The van der Waals surface area contributed by atoms with Gasteiger partial charge in [-0.05, 0) is 49.5 Å². The van der Waals surface area contributed by atoms with Crippen LogP contribution in [0.25, 0.3) is 0 Å². The zero-order valence-corrected chi connectivity index (χ0v) is 14.7. The number of likely N-dealkylation sites (tertiary alicyclic amines) is 1. The van der Waals surface area contributed by atoms with Crippen molar-refractivity contribution in [2.75, 3.05) is 45.8 Å². The minimum atomic E-state index is 0.168. The molecule has 2 heterocycles. The summed E-state index contributed by atoms with van der Waals surface area (Å²) in [5.41, 5.74) is 1.22. The van der Waals surface area contributed by atoms with Crippen molar-refractivity contribution in [2.24, 2.45) is 5.92 Å². The van der Waals surface area contributed by atoms with Gasteiger partial charge in [-0.2, -0.15) is 0 Å². The summed E-state index contributed by atoms with van der Waals surface area (Å²) in [6.07, 6.45) is 2.59. The molecular formula is C18H28ClN3O. The maximum atomic E-state index is 9.72. The van der Waals surface area contributed by atoms with E-state index in [0.717, 1.165) is 38.6 Å². The number of phenols is 1. The van der Waals surface area contributed by atoms with Gasteiger partial charge < -0.3 is 15.3 Å². The van der Waals surface area contributed by atoms with Crippen LogP contribution in [0.3, 0.4) is 0 Å². The van der Waals surface area contributed by atoms with E-state index < -0.39 is 0 Å². The van der Waals surface area contributed by atoms with E-state index >= 15 is 0 Å². The summed E-state index contributed by atoms with van der Waals surface area (Å²) in [6, 6.07) is 6.05. The second kappa shape index (κ2) is 7.84. The fraction of sp³-hybridized carbons (Fsp3) is 0.667. The highest BCUT2D eigenvalue weighted by Gasteiger charge is 2.26. The van der Waals surface area contributed by atoms with Crippen LogP contribution in [0.2, 0.25) is 5.02 Å². The number of benzene rings is 1. The first-order chi connectivity index (χ1) is 11.1. The van der Waals surface area contributed by atoms with Crippen molar-refractivity contribution >= 4 is 11.6 Å². The van der Waals surface area contributed by atoms with Gasteiger partial charge in [-0.25, -0.2) is 0 Å². The van der Waals surface area contributed by atoms with Crippen LogP contribution in [0.15, 0.2) is 18.2 Å². The maximum absolute atomic E-state index is 9.72. The molecule has 0 aliphatic carbocycles. The molecule has 1 unspecified atom stereocenters. The average Bonchev–Trinajstić information content (AvgIpc) is 2.58. The minimum absolute atomic E-state index is 0.168. The third kappa shape index (κ3) is 4.38. The molecule has 2 aliphatic rings. The minimum Gasteiger partial charge on any atom is -0.506 e. The molecule has 2 N–H and O–H groups in total. The Morgan fingerprint density at radius 1 is 1.22 bits per heavy atom. The molecule has 4 nitrogen and oxygen atoms in total. The monoisotopic (exact) mass is 337 g/mol. The molecular weight excluding hydrogens is 310 g/mol. The number of phenolic OH excluding ortho intramolecular Hbond substituents is 1. The van der Waals surface area contributed by atoms with Gasteiger partial charge in [0.25, 0.3) is 0 Å². The van der Waals surface area contributed by atoms with E-state index in [2.05, 4.69) is 22.0 Å². The van der Waals surface area contributed by atoms with E-state index in [1.54, 1.807) is 6.07 Å². The Kier molecular flexibility index (Phi) is 5.81. The molecule has 3 rings (SSSR count).